The van der Waals surface area contributed by atoms with Gasteiger partial charge in [-0.2, -0.15) is 0 Å². The fraction of sp³-hybridized carbons (Fsp3) is 0.0952. The van der Waals surface area contributed by atoms with Crippen LogP contribution in [0.3, 0.4) is 0 Å². The molecule has 6 nitrogen and oxygen atoms in total. The highest BCUT2D eigenvalue weighted by Crippen LogP contribution is 2.21. The molecule has 0 saturated heterocycles. The van der Waals surface area contributed by atoms with E-state index < -0.39 is 17.4 Å². The summed E-state index contributed by atoms with van der Waals surface area (Å²) in [6.45, 7) is 1.93. The number of ketones is 1. The van der Waals surface area contributed by atoms with Gasteiger partial charge in [-0.3, -0.25) is 4.79 Å². The van der Waals surface area contributed by atoms with Gasteiger partial charge in [0.15, 0.2) is 0 Å². The van der Waals surface area contributed by atoms with E-state index in [1.165, 1.54) is 12.1 Å². The van der Waals surface area contributed by atoms with Gasteiger partial charge in [0.05, 0.1) is 23.4 Å². The molecule has 134 valence electrons. The van der Waals surface area contributed by atoms with Gasteiger partial charge in [0.25, 0.3) is 0 Å². The first kappa shape index (κ1) is 16.8. The van der Waals surface area contributed by atoms with Gasteiger partial charge in [-0.25, -0.2) is 9.59 Å². The highest BCUT2D eigenvalue weighted by molar-refractivity contribution is 6.12. The topological polar surface area (TPSA) is 78.0 Å². The van der Waals surface area contributed by atoms with Crippen LogP contribution in [0.5, 0.6) is 0 Å². The lowest BCUT2D eigenvalue weighted by atomic mass is 10.1. The SMILES string of the molecule is CCOC(=O)c1cc(C(=O)c2cc3ccccc3oc2=O)n2ccccc12. The maximum absolute atomic E-state index is 13.1. The number of pyridine rings is 1. The normalized spacial score (nSPS) is 11.0. The van der Waals surface area contributed by atoms with Crippen LogP contribution in [0, 0.1) is 0 Å². The number of carbonyl (C=O) groups excluding carboxylic acids is 2. The predicted molar refractivity (Wildman–Crippen MR) is 99.3 cm³/mol. The van der Waals surface area contributed by atoms with Gasteiger partial charge >= 0.3 is 11.6 Å². The van der Waals surface area contributed by atoms with Gasteiger partial charge in [-0.1, -0.05) is 24.3 Å². The highest BCUT2D eigenvalue weighted by atomic mass is 16.5. The molecule has 0 spiro atoms. The maximum atomic E-state index is 13.1. The summed E-state index contributed by atoms with van der Waals surface area (Å²) >= 11 is 0. The van der Waals surface area contributed by atoms with E-state index in [1.54, 1.807) is 60.0 Å². The molecule has 3 aromatic heterocycles. The van der Waals surface area contributed by atoms with Gasteiger partial charge in [-0.05, 0) is 37.3 Å². The first-order valence-corrected chi connectivity index (χ1v) is 8.45. The van der Waals surface area contributed by atoms with E-state index >= 15 is 0 Å². The van der Waals surface area contributed by atoms with Crippen LogP contribution in [0.1, 0.15) is 33.3 Å². The third-order valence-electron chi connectivity index (χ3n) is 4.29. The molecule has 0 atom stereocenters. The van der Waals surface area contributed by atoms with Gasteiger partial charge in [0.2, 0.25) is 5.78 Å². The second-order valence-electron chi connectivity index (χ2n) is 5.93. The summed E-state index contributed by atoms with van der Waals surface area (Å²) in [7, 11) is 0. The van der Waals surface area contributed by atoms with Crippen LogP contribution >= 0.6 is 0 Å². The lowest BCUT2D eigenvalue weighted by Gasteiger charge is -2.03. The van der Waals surface area contributed by atoms with Crippen LogP contribution < -0.4 is 5.63 Å². The number of hydrogen-bond donors (Lipinski definition) is 0. The van der Waals surface area contributed by atoms with Crippen LogP contribution in [-0.2, 0) is 4.74 Å². The molecule has 0 bridgehead atoms. The maximum Gasteiger partial charge on any atom is 0.347 e. The molecule has 0 amide bonds. The summed E-state index contributed by atoms with van der Waals surface area (Å²) < 4.78 is 11.9. The smallest absolute Gasteiger partial charge is 0.347 e. The molecule has 1 aromatic carbocycles. The van der Waals surface area contributed by atoms with E-state index in [-0.39, 0.29) is 23.4 Å². The molecule has 0 aliphatic rings. The van der Waals surface area contributed by atoms with Crippen LogP contribution in [0.4, 0.5) is 0 Å². The molecule has 0 unspecified atom stereocenters. The minimum absolute atomic E-state index is 0.0904. The standard InChI is InChI=1S/C21H15NO5/c1-2-26-20(24)14-12-17(22-10-6-5-8-16(14)22)19(23)15-11-13-7-3-4-9-18(13)27-21(15)25/h3-12H,2H2,1H3. The molecular weight excluding hydrogens is 346 g/mol. The Kier molecular flexibility index (Phi) is 4.08. The summed E-state index contributed by atoms with van der Waals surface area (Å²) in [4.78, 5) is 37.7. The zero-order chi connectivity index (χ0) is 19.0. The van der Waals surface area contributed by atoms with E-state index in [2.05, 4.69) is 0 Å². The quantitative estimate of drug-likeness (QED) is 0.316. The number of hydrogen-bond acceptors (Lipinski definition) is 5. The average molecular weight is 361 g/mol. The Balaban J connectivity index is 1.90. The molecule has 0 aliphatic carbocycles. The van der Waals surface area contributed by atoms with Crippen molar-refractivity contribution >= 4 is 28.2 Å². The van der Waals surface area contributed by atoms with Gasteiger partial charge in [0.1, 0.15) is 11.1 Å². The minimum Gasteiger partial charge on any atom is -0.462 e. The van der Waals surface area contributed by atoms with Crippen LogP contribution in [0.2, 0.25) is 0 Å². The van der Waals surface area contributed by atoms with Crippen molar-refractivity contribution in [1.29, 1.82) is 0 Å². The van der Waals surface area contributed by atoms with E-state index in [4.69, 9.17) is 9.15 Å². The summed E-state index contributed by atoms with van der Waals surface area (Å²) in [6, 6.07) is 15.1. The summed E-state index contributed by atoms with van der Waals surface area (Å²) in [5.74, 6) is -1.04. The molecule has 3 heterocycles. The fourth-order valence-electron chi connectivity index (χ4n) is 3.06. The largest absolute Gasteiger partial charge is 0.462 e. The van der Waals surface area contributed by atoms with Crippen molar-refractivity contribution in [3.05, 3.63) is 88.0 Å². The van der Waals surface area contributed by atoms with E-state index in [1.807, 2.05) is 0 Å². The summed E-state index contributed by atoms with van der Waals surface area (Å²) in [5.41, 5.74) is 0.590. The second-order valence-corrected chi connectivity index (χ2v) is 5.93. The van der Waals surface area contributed by atoms with Gasteiger partial charge in [-0.15, -0.1) is 0 Å². The summed E-state index contributed by atoms with van der Waals surface area (Å²) in [6.07, 6.45) is 1.66. The molecule has 4 rings (SSSR count). The van der Waals surface area contributed by atoms with Crippen molar-refractivity contribution in [2.45, 2.75) is 6.92 Å². The molecule has 0 aliphatic heterocycles. The number of esters is 1. The van der Waals surface area contributed by atoms with E-state index in [0.29, 0.717) is 16.5 Å². The Morgan fingerprint density at radius 3 is 2.63 bits per heavy atom. The Bertz CT molecular complexity index is 1250. The van der Waals surface area contributed by atoms with E-state index in [0.717, 1.165) is 0 Å². The molecule has 0 N–H and O–H groups in total. The molecular formula is C21H15NO5. The molecule has 0 saturated carbocycles. The lowest BCUT2D eigenvalue weighted by molar-refractivity contribution is 0.0529. The molecule has 0 radical (unpaired) electrons. The van der Waals surface area contributed by atoms with Crippen LogP contribution in [-0.4, -0.2) is 22.8 Å². The number of rotatable bonds is 4. The predicted octanol–water partition coefficient (Wildman–Crippen LogP) is 3.45. The number of nitrogens with zero attached hydrogens (tertiary/aromatic N) is 1. The fourth-order valence-corrected chi connectivity index (χ4v) is 3.06. The number of benzene rings is 1. The van der Waals surface area contributed by atoms with Crippen molar-refractivity contribution in [2.75, 3.05) is 6.61 Å². The van der Waals surface area contributed by atoms with Crippen molar-refractivity contribution in [2.24, 2.45) is 0 Å². The molecule has 0 fully saturated rings. The Morgan fingerprint density at radius 1 is 1.04 bits per heavy atom. The first-order chi connectivity index (χ1) is 13.1. The van der Waals surface area contributed by atoms with Gasteiger partial charge < -0.3 is 13.6 Å². The third kappa shape index (κ3) is 2.81. The molecule has 4 aromatic rings. The second kappa shape index (κ2) is 6.57. The Morgan fingerprint density at radius 2 is 1.81 bits per heavy atom. The van der Waals surface area contributed by atoms with Crippen molar-refractivity contribution in [3.8, 4) is 0 Å². The highest BCUT2D eigenvalue weighted by Gasteiger charge is 2.23. The zero-order valence-electron chi connectivity index (χ0n) is 14.5. The van der Waals surface area contributed by atoms with Crippen molar-refractivity contribution in [1.82, 2.24) is 4.40 Å². The monoisotopic (exact) mass is 361 g/mol. The number of ether oxygens (including phenoxy) is 1. The van der Waals surface area contributed by atoms with Crippen LogP contribution in [0.25, 0.3) is 16.5 Å². The molecule has 27 heavy (non-hydrogen) atoms. The number of para-hydroxylation sites is 1. The van der Waals surface area contributed by atoms with Crippen molar-refractivity contribution in [3.63, 3.8) is 0 Å². The Labute approximate surface area is 153 Å². The average Bonchev–Trinajstić information content (AvgIpc) is 3.07. The minimum atomic E-state index is -0.720. The number of aromatic nitrogens is 1. The van der Waals surface area contributed by atoms with E-state index in [9.17, 15) is 14.4 Å². The van der Waals surface area contributed by atoms with Crippen molar-refractivity contribution < 1.29 is 18.7 Å². The number of fused-ring (bicyclic) bond motifs is 2. The van der Waals surface area contributed by atoms with Gasteiger partial charge in [0, 0.05) is 11.6 Å². The molecule has 6 heteroatoms. The Hall–Kier alpha value is -3.67. The first-order valence-electron chi connectivity index (χ1n) is 8.45. The lowest BCUT2D eigenvalue weighted by Crippen LogP contribution is -2.16. The summed E-state index contributed by atoms with van der Waals surface area (Å²) in [5, 5.41) is 0.645. The zero-order valence-corrected chi connectivity index (χ0v) is 14.5. The van der Waals surface area contributed by atoms with Crippen LogP contribution in [0.15, 0.2) is 70.0 Å². The number of carbonyl (C=O) groups is 2. The third-order valence-corrected chi connectivity index (χ3v) is 4.29.